The highest BCUT2D eigenvalue weighted by molar-refractivity contribution is 6.38. The van der Waals surface area contributed by atoms with Crippen molar-refractivity contribution in [3.05, 3.63) is 157 Å². The molecule has 0 saturated carbocycles. The first-order valence-electron chi connectivity index (χ1n) is 20.8. The molecule has 2 aliphatic heterocycles. The van der Waals surface area contributed by atoms with Crippen LogP contribution in [0.1, 0.15) is 23.2 Å². The highest BCUT2D eigenvalue weighted by Crippen LogP contribution is 2.48. The number of methoxy groups -OCH3 is 2. The van der Waals surface area contributed by atoms with Crippen LogP contribution in [0.4, 0.5) is 11.4 Å². The summed E-state index contributed by atoms with van der Waals surface area (Å²) in [5, 5.41) is 15.1. The van der Waals surface area contributed by atoms with Crippen LogP contribution in [0, 0.1) is 0 Å². The van der Waals surface area contributed by atoms with Gasteiger partial charge in [0.25, 0.3) is 0 Å². The molecule has 2 aromatic heterocycles. The number of carbonyl (C=O) groups excluding carboxylic acids is 2. The first-order chi connectivity index (χ1) is 32.3. The quantitative estimate of drug-likeness (QED) is 0.0546. The van der Waals surface area contributed by atoms with E-state index in [9.17, 15) is 9.59 Å². The van der Waals surface area contributed by atoms with Gasteiger partial charge in [-0.3, -0.25) is 9.59 Å². The monoisotopic (exact) mass is 920 g/mol. The second kappa shape index (κ2) is 18.1. The molecule has 0 bridgehead atoms. The number of carbonyl (C=O) groups is 2. The maximum Gasteiger partial charge on any atom is 0.248 e. The zero-order chi connectivity index (χ0) is 45.3. The fourth-order valence-corrected chi connectivity index (χ4v) is 8.77. The summed E-state index contributed by atoms with van der Waals surface area (Å²) >= 11 is 13.4. The van der Waals surface area contributed by atoms with Crippen molar-refractivity contribution in [2.75, 3.05) is 37.2 Å². The second-order valence-electron chi connectivity index (χ2n) is 15.3. The standard InChI is InChI=1S/C50H38Cl2N6O8/c1-61-39-23-21-35(27-37(39)43-41(51)49(59)57(43)33-17-13-31(14-18-33)47-55-53-45(65-47)29-9-5-3-6-10-29)63-25-26-64-36-22-24-40(62-2)38(28-36)44-42(52)50(60)58(44)34-19-15-32(16-20-34)48-56-54-46(66-48)30-11-7-4-8-12-30/h3-24,27-28,41-44H,25-26H2,1-2H3. The summed E-state index contributed by atoms with van der Waals surface area (Å²) in [6, 6.07) is 43.3. The van der Waals surface area contributed by atoms with Crippen molar-refractivity contribution >= 4 is 46.4 Å². The van der Waals surface area contributed by atoms with Gasteiger partial charge >= 0.3 is 0 Å². The molecule has 66 heavy (non-hydrogen) atoms. The maximum atomic E-state index is 13.3. The van der Waals surface area contributed by atoms with Crippen LogP contribution < -0.4 is 28.7 Å². The molecule has 0 spiro atoms. The number of alkyl halides is 2. The van der Waals surface area contributed by atoms with Crippen LogP contribution in [0.2, 0.25) is 0 Å². The number of aromatic nitrogens is 4. The number of amides is 2. The van der Waals surface area contributed by atoms with E-state index in [-0.39, 0.29) is 25.0 Å². The summed E-state index contributed by atoms with van der Waals surface area (Å²) in [6.07, 6.45) is 0. The highest BCUT2D eigenvalue weighted by Gasteiger charge is 2.50. The largest absolute Gasteiger partial charge is 0.496 e. The Morgan fingerprint density at radius 2 is 0.833 bits per heavy atom. The predicted octanol–water partition coefficient (Wildman–Crippen LogP) is 9.99. The number of hydrogen-bond donors (Lipinski definition) is 0. The molecule has 6 aromatic carbocycles. The average molecular weight is 922 g/mol. The van der Waals surface area contributed by atoms with Crippen molar-refractivity contribution < 1.29 is 37.4 Å². The molecular formula is C50H38Cl2N6O8. The lowest BCUT2D eigenvalue weighted by Crippen LogP contribution is -2.56. The van der Waals surface area contributed by atoms with Crippen LogP contribution in [0.15, 0.2) is 154 Å². The molecule has 14 nitrogen and oxygen atoms in total. The average Bonchev–Trinajstić information content (AvgIpc) is 4.08. The van der Waals surface area contributed by atoms with E-state index in [4.69, 9.17) is 51.0 Å². The van der Waals surface area contributed by atoms with E-state index in [0.717, 1.165) is 11.1 Å². The number of ether oxygens (including phenoxy) is 4. The van der Waals surface area contributed by atoms with E-state index < -0.39 is 22.8 Å². The Hall–Kier alpha value is -7.68. The van der Waals surface area contributed by atoms with Crippen LogP contribution in [-0.2, 0) is 9.59 Å². The summed E-state index contributed by atoms with van der Waals surface area (Å²) in [5.74, 6) is 3.21. The van der Waals surface area contributed by atoms with Crippen molar-refractivity contribution in [1.29, 1.82) is 0 Å². The van der Waals surface area contributed by atoms with Crippen molar-refractivity contribution in [3.8, 4) is 68.8 Å². The van der Waals surface area contributed by atoms with Crippen LogP contribution in [0.25, 0.3) is 45.8 Å². The Labute approximate surface area is 388 Å². The van der Waals surface area contributed by atoms with Crippen LogP contribution in [-0.4, -0.2) is 70.4 Å². The minimum Gasteiger partial charge on any atom is -0.496 e. The molecule has 2 amide bonds. The maximum absolute atomic E-state index is 13.3. The zero-order valence-electron chi connectivity index (χ0n) is 35.3. The summed E-state index contributed by atoms with van der Waals surface area (Å²) in [7, 11) is 3.13. The lowest BCUT2D eigenvalue weighted by Gasteiger charge is -2.45. The van der Waals surface area contributed by atoms with Gasteiger partial charge in [0.2, 0.25) is 35.4 Å². The summed E-state index contributed by atoms with van der Waals surface area (Å²) in [5.41, 5.74) is 5.67. The Bertz CT molecular complexity index is 2820. The van der Waals surface area contributed by atoms with Gasteiger partial charge in [-0.15, -0.1) is 43.6 Å². The van der Waals surface area contributed by atoms with Gasteiger partial charge in [-0.2, -0.15) is 0 Å². The molecule has 4 heterocycles. The molecule has 2 fully saturated rings. The van der Waals surface area contributed by atoms with Crippen molar-refractivity contribution in [2.24, 2.45) is 0 Å². The minimum absolute atomic E-state index is 0.180. The molecule has 8 aromatic rings. The van der Waals surface area contributed by atoms with Gasteiger partial charge in [-0.25, -0.2) is 0 Å². The predicted molar refractivity (Wildman–Crippen MR) is 247 cm³/mol. The number of anilines is 2. The van der Waals surface area contributed by atoms with Gasteiger partial charge in [0.05, 0.1) is 26.3 Å². The number of hydrogen-bond acceptors (Lipinski definition) is 12. The van der Waals surface area contributed by atoms with Gasteiger partial charge in [0, 0.05) is 44.8 Å². The number of β-lactam (4-membered cyclic amide) rings is 2. The van der Waals surface area contributed by atoms with Crippen molar-refractivity contribution in [3.63, 3.8) is 0 Å². The number of rotatable bonds is 15. The number of halogens is 2. The summed E-state index contributed by atoms with van der Waals surface area (Å²) in [4.78, 5) is 29.8. The van der Waals surface area contributed by atoms with Crippen molar-refractivity contribution in [1.82, 2.24) is 20.4 Å². The fraction of sp³-hybridized carbons (Fsp3) is 0.160. The van der Waals surface area contributed by atoms with E-state index >= 15 is 0 Å². The van der Waals surface area contributed by atoms with E-state index in [1.54, 1.807) is 48.3 Å². The summed E-state index contributed by atoms with van der Waals surface area (Å²) in [6.45, 7) is 0.360. The van der Waals surface area contributed by atoms with Crippen molar-refractivity contribution in [2.45, 2.75) is 22.8 Å². The second-order valence-corrected chi connectivity index (χ2v) is 16.2. The van der Waals surface area contributed by atoms with Gasteiger partial charge in [0.15, 0.2) is 0 Å². The van der Waals surface area contributed by atoms with Gasteiger partial charge in [0.1, 0.15) is 47.0 Å². The fourth-order valence-electron chi connectivity index (χ4n) is 8.07. The van der Waals surface area contributed by atoms with E-state index in [0.29, 0.717) is 80.2 Å². The number of nitrogens with zero attached hydrogens (tertiary/aromatic N) is 6. The molecule has 0 N–H and O–H groups in total. The molecule has 4 unspecified atom stereocenters. The van der Waals surface area contributed by atoms with Gasteiger partial charge in [-0.05, 0) is 109 Å². The summed E-state index contributed by atoms with van der Waals surface area (Å²) < 4.78 is 35.6. The Morgan fingerprint density at radius 1 is 0.485 bits per heavy atom. The topological polar surface area (TPSA) is 155 Å². The molecule has 2 aliphatic rings. The van der Waals surface area contributed by atoms with Gasteiger partial charge < -0.3 is 37.6 Å². The van der Waals surface area contributed by atoms with Crippen LogP contribution in [0.5, 0.6) is 23.0 Å². The normalized spacial score (nSPS) is 17.8. The third-order valence-electron chi connectivity index (χ3n) is 11.4. The van der Waals surface area contributed by atoms with Gasteiger partial charge in [-0.1, -0.05) is 36.4 Å². The smallest absolute Gasteiger partial charge is 0.248 e. The van der Waals surface area contributed by atoms with Crippen LogP contribution in [0.3, 0.4) is 0 Å². The van der Waals surface area contributed by atoms with E-state index in [1.165, 1.54) is 0 Å². The molecule has 330 valence electrons. The third kappa shape index (κ3) is 7.94. The van der Waals surface area contributed by atoms with E-state index in [2.05, 4.69) is 20.4 Å². The zero-order valence-corrected chi connectivity index (χ0v) is 36.8. The first kappa shape index (κ1) is 42.3. The minimum atomic E-state index is -0.829. The van der Waals surface area contributed by atoms with E-state index in [1.807, 2.05) is 121 Å². The molecule has 10 rings (SSSR count). The highest BCUT2D eigenvalue weighted by atomic mass is 35.5. The molecule has 0 radical (unpaired) electrons. The lowest BCUT2D eigenvalue weighted by atomic mass is 9.91. The first-order valence-corrected chi connectivity index (χ1v) is 21.7. The number of benzene rings is 6. The Balaban J connectivity index is 0.795. The molecule has 2 saturated heterocycles. The molecular weight excluding hydrogens is 883 g/mol. The third-order valence-corrected chi connectivity index (χ3v) is 12.2. The molecule has 4 atom stereocenters. The molecule has 0 aliphatic carbocycles. The van der Waals surface area contributed by atoms with Crippen LogP contribution >= 0.6 is 23.2 Å². The SMILES string of the molecule is COc1ccc(OCCOc2ccc(OC)c(C3C(Cl)C(=O)N3c3ccc(-c4nnc(-c5ccccc5)o4)cc3)c2)cc1C1C(Cl)C(=O)N1c1ccc(-c2nnc(-c3ccccc3)o2)cc1. The lowest BCUT2D eigenvalue weighted by molar-refractivity contribution is -0.124. The Kier molecular flexibility index (Phi) is 11.6. The molecule has 16 heteroatoms. The Morgan fingerprint density at radius 3 is 1.18 bits per heavy atom.